The summed E-state index contributed by atoms with van der Waals surface area (Å²) in [7, 11) is 0. The van der Waals surface area contributed by atoms with E-state index in [9.17, 15) is 0 Å². The Labute approximate surface area is 122 Å². The number of para-hydroxylation sites is 1. The normalized spacial score (nSPS) is 10.9. The fourth-order valence-electron chi connectivity index (χ4n) is 2.56. The van der Waals surface area contributed by atoms with Gasteiger partial charge in [-0.05, 0) is 17.7 Å². The van der Waals surface area contributed by atoms with Crippen LogP contribution >= 0.6 is 0 Å². The summed E-state index contributed by atoms with van der Waals surface area (Å²) in [5.41, 5.74) is 5.14. The highest BCUT2D eigenvalue weighted by atomic mass is 15.1. The molecule has 0 aliphatic rings. The van der Waals surface area contributed by atoms with E-state index in [0.29, 0.717) is 0 Å². The van der Waals surface area contributed by atoms with Crippen molar-refractivity contribution in [1.82, 2.24) is 14.5 Å². The highest BCUT2D eigenvalue weighted by Gasteiger charge is 2.12. The molecule has 0 aliphatic carbocycles. The second-order valence-electron chi connectivity index (χ2n) is 4.84. The van der Waals surface area contributed by atoms with E-state index in [1.54, 1.807) is 12.4 Å². The summed E-state index contributed by atoms with van der Waals surface area (Å²) in [6.07, 6.45) is 5.58. The second-order valence-corrected chi connectivity index (χ2v) is 4.84. The summed E-state index contributed by atoms with van der Waals surface area (Å²) in [6, 6.07) is 20.5. The monoisotopic (exact) mass is 271 g/mol. The third-order valence-corrected chi connectivity index (χ3v) is 3.54. The van der Waals surface area contributed by atoms with Crippen LogP contribution in [0.1, 0.15) is 0 Å². The number of rotatable bonds is 2. The quantitative estimate of drug-likeness (QED) is 0.550. The van der Waals surface area contributed by atoms with E-state index >= 15 is 0 Å². The molecule has 2 heterocycles. The summed E-state index contributed by atoms with van der Waals surface area (Å²) in [5, 5.41) is 0. The highest BCUT2D eigenvalue weighted by molar-refractivity contribution is 5.91. The summed E-state index contributed by atoms with van der Waals surface area (Å²) in [4.78, 5) is 9.02. The summed E-state index contributed by atoms with van der Waals surface area (Å²) < 4.78 is 2.09. The minimum absolute atomic E-state index is 0.877. The lowest BCUT2D eigenvalue weighted by Gasteiger charge is -2.02. The van der Waals surface area contributed by atoms with Crippen LogP contribution in [0, 0.1) is 0 Å². The van der Waals surface area contributed by atoms with Crippen LogP contribution in [-0.2, 0) is 0 Å². The van der Waals surface area contributed by atoms with Gasteiger partial charge in [0.2, 0.25) is 0 Å². The van der Waals surface area contributed by atoms with Crippen LogP contribution in [0.25, 0.3) is 28.0 Å². The Kier molecular flexibility index (Phi) is 2.75. The molecule has 4 rings (SSSR count). The summed E-state index contributed by atoms with van der Waals surface area (Å²) in [5.74, 6) is 0. The molecule has 4 aromatic rings. The molecule has 0 amide bonds. The van der Waals surface area contributed by atoms with Gasteiger partial charge in [-0.1, -0.05) is 48.5 Å². The standard InChI is InChI=1S/C18H13N3/c1-3-7-14(8-4-1)16-13-21(15-9-5-2-6-10-15)18-17(16)19-11-12-20-18/h1-13H. The molecule has 0 saturated carbocycles. The van der Waals surface area contributed by atoms with Crippen molar-refractivity contribution in [2.24, 2.45) is 0 Å². The molecular weight excluding hydrogens is 258 g/mol. The molecule has 100 valence electrons. The lowest BCUT2D eigenvalue weighted by atomic mass is 10.1. The van der Waals surface area contributed by atoms with Crippen LogP contribution < -0.4 is 0 Å². The molecule has 0 saturated heterocycles. The number of fused-ring (bicyclic) bond motifs is 1. The molecule has 2 aromatic carbocycles. The average Bonchev–Trinajstić information content (AvgIpc) is 2.96. The maximum atomic E-state index is 4.52. The topological polar surface area (TPSA) is 30.7 Å². The van der Waals surface area contributed by atoms with E-state index in [1.165, 1.54) is 0 Å². The van der Waals surface area contributed by atoms with Gasteiger partial charge in [0.05, 0.1) is 0 Å². The Bertz CT molecular complexity index is 807. The van der Waals surface area contributed by atoms with Crippen LogP contribution in [0.5, 0.6) is 0 Å². The largest absolute Gasteiger partial charge is 0.299 e. The van der Waals surface area contributed by atoms with Gasteiger partial charge >= 0.3 is 0 Å². The van der Waals surface area contributed by atoms with Gasteiger partial charge < -0.3 is 0 Å². The van der Waals surface area contributed by atoms with E-state index in [0.717, 1.165) is 28.0 Å². The lowest BCUT2D eigenvalue weighted by molar-refractivity contribution is 1.09. The molecule has 2 aromatic heterocycles. The predicted molar refractivity (Wildman–Crippen MR) is 84.3 cm³/mol. The van der Waals surface area contributed by atoms with Crippen LogP contribution in [0.4, 0.5) is 0 Å². The Morgan fingerprint density at radius 3 is 2.14 bits per heavy atom. The SMILES string of the molecule is c1ccc(-c2cn(-c3ccccc3)c3nccnc23)cc1. The van der Waals surface area contributed by atoms with Gasteiger partial charge in [0, 0.05) is 29.8 Å². The summed E-state index contributed by atoms with van der Waals surface area (Å²) >= 11 is 0. The molecule has 3 nitrogen and oxygen atoms in total. The molecule has 0 radical (unpaired) electrons. The second kappa shape index (κ2) is 4.87. The van der Waals surface area contributed by atoms with Crippen molar-refractivity contribution in [1.29, 1.82) is 0 Å². The molecule has 0 bridgehead atoms. The van der Waals surface area contributed by atoms with Crippen molar-refractivity contribution in [3.8, 4) is 16.8 Å². The minimum Gasteiger partial charge on any atom is -0.299 e. The van der Waals surface area contributed by atoms with Crippen molar-refractivity contribution in [3.05, 3.63) is 79.3 Å². The van der Waals surface area contributed by atoms with Crippen molar-refractivity contribution < 1.29 is 0 Å². The smallest absolute Gasteiger partial charge is 0.163 e. The number of aromatic nitrogens is 3. The zero-order valence-electron chi connectivity index (χ0n) is 11.3. The van der Waals surface area contributed by atoms with Crippen LogP contribution in [-0.4, -0.2) is 14.5 Å². The zero-order valence-corrected chi connectivity index (χ0v) is 11.3. The lowest BCUT2D eigenvalue weighted by Crippen LogP contribution is -1.93. The zero-order chi connectivity index (χ0) is 14.1. The molecule has 0 N–H and O–H groups in total. The van der Waals surface area contributed by atoms with E-state index < -0.39 is 0 Å². The van der Waals surface area contributed by atoms with Gasteiger partial charge in [0.1, 0.15) is 5.52 Å². The van der Waals surface area contributed by atoms with Crippen molar-refractivity contribution in [3.63, 3.8) is 0 Å². The molecular formula is C18H13N3. The number of hydrogen-bond donors (Lipinski definition) is 0. The van der Waals surface area contributed by atoms with Gasteiger partial charge in [-0.25, -0.2) is 4.98 Å². The Morgan fingerprint density at radius 2 is 1.38 bits per heavy atom. The fraction of sp³-hybridized carbons (Fsp3) is 0. The van der Waals surface area contributed by atoms with E-state index in [4.69, 9.17) is 0 Å². The van der Waals surface area contributed by atoms with Crippen molar-refractivity contribution in [2.75, 3.05) is 0 Å². The summed E-state index contributed by atoms with van der Waals surface area (Å²) in [6.45, 7) is 0. The third-order valence-electron chi connectivity index (χ3n) is 3.54. The molecule has 3 heteroatoms. The molecule has 0 atom stereocenters. The first-order chi connectivity index (χ1) is 10.4. The molecule has 0 spiro atoms. The van der Waals surface area contributed by atoms with Crippen LogP contribution in [0.3, 0.4) is 0 Å². The first kappa shape index (κ1) is 11.9. The van der Waals surface area contributed by atoms with Crippen molar-refractivity contribution in [2.45, 2.75) is 0 Å². The molecule has 0 aliphatic heterocycles. The molecule has 0 fully saturated rings. The third kappa shape index (κ3) is 1.99. The van der Waals surface area contributed by atoms with Gasteiger partial charge in [-0.15, -0.1) is 0 Å². The van der Waals surface area contributed by atoms with Gasteiger partial charge in [-0.2, -0.15) is 0 Å². The Morgan fingerprint density at radius 1 is 0.714 bits per heavy atom. The minimum atomic E-state index is 0.877. The maximum absolute atomic E-state index is 4.52. The predicted octanol–water partition coefficient (Wildman–Crippen LogP) is 4.09. The molecule has 21 heavy (non-hydrogen) atoms. The number of benzene rings is 2. The van der Waals surface area contributed by atoms with Crippen molar-refractivity contribution >= 4 is 11.2 Å². The van der Waals surface area contributed by atoms with Crippen LogP contribution in [0.15, 0.2) is 79.3 Å². The van der Waals surface area contributed by atoms with Gasteiger partial charge in [0.15, 0.2) is 5.65 Å². The first-order valence-electron chi connectivity index (χ1n) is 6.86. The molecule has 0 unspecified atom stereocenters. The maximum Gasteiger partial charge on any atom is 0.163 e. The van der Waals surface area contributed by atoms with E-state index in [1.807, 2.05) is 36.4 Å². The van der Waals surface area contributed by atoms with Gasteiger partial charge in [0.25, 0.3) is 0 Å². The Balaban J connectivity index is 2.02. The van der Waals surface area contributed by atoms with Crippen LogP contribution in [0.2, 0.25) is 0 Å². The fourth-order valence-corrected chi connectivity index (χ4v) is 2.56. The van der Waals surface area contributed by atoms with Gasteiger partial charge in [-0.3, -0.25) is 9.55 Å². The first-order valence-corrected chi connectivity index (χ1v) is 6.86. The Hall–Kier alpha value is -2.94. The van der Waals surface area contributed by atoms with E-state index in [-0.39, 0.29) is 0 Å². The average molecular weight is 271 g/mol. The number of nitrogens with zero attached hydrogens (tertiary/aromatic N) is 3. The number of hydrogen-bond acceptors (Lipinski definition) is 2. The van der Waals surface area contributed by atoms with E-state index in [2.05, 4.69) is 45.0 Å². The highest BCUT2D eigenvalue weighted by Crippen LogP contribution is 2.29.